The predicted molar refractivity (Wildman–Crippen MR) is 347 cm³/mol. The monoisotopic (exact) mass is 1350 g/mol. The third-order valence-corrected chi connectivity index (χ3v) is 13.8. The number of benzene rings is 3. The normalized spacial score (nSPS) is 15.6. The molecule has 2 fully saturated rings. The maximum atomic E-state index is 12.9. The SMILES string of the molecule is CC(C)(C)OC(=O)n1cc(N)cn1.CC(C)(C)OC(=O)n1cc(NC(=O)NCc2ccc3c(c2)C(=O)N(C2CCC(=O)NC2=O)C3)cn1.CC(C)(C)OC(=O)n1cc(NC(=O)Oc2ccccc2)cn1.O=C1CCC(N2Cc3ccc(CNC(=O)Nc4cn[nH]c4)cc3C2=O)C(=O)N1. The number of hydrogen-bond donors (Lipinski definition) is 9. The Balaban J connectivity index is 0.000000175. The summed E-state index contributed by atoms with van der Waals surface area (Å²) in [6.07, 6.45) is 9.72. The van der Waals surface area contributed by atoms with E-state index in [1.165, 1.54) is 53.2 Å². The van der Waals surface area contributed by atoms with E-state index in [0.717, 1.165) is 30.7 Å². The van der Waals surface area contributed by atoms with Gasteiger partial charge in [0.05, 0.1) is 66.1 Å². The van der Waals surface area contributed by atoms with Gasteiger partial charge in [-0.15, -0.1) is 0 Å². The van der Waals surface area contributed by atoms with Gasteiger partial charge in [-0.1, -0.05) is 42.5 Å². The van der Waals surface area contributed by atoms with Crippen molar-refractivity contribution in [3.63, 3.8) is 0 Å². The van der Waals surface area contributed by atoms with Crippen molar-refractivity contribution < 1.29 is 76.5 Å². The van der Waals surface area contributed by atoms with Crippen LogP contribution in [0.5, 0.6) is 5.75 Å². The second kappa shape index (κ2) is 30.9. The summed E-state index contributed by atoms with van der Waals surface area (Å²) in [5.74, 6) is -1.65. The van der Waals surface area contributed by atoms with Gasteiger partial charge in [0.2, 0.25) is 23.6 Å². The van der Waals surface area contributed by atoms with E-state index >= 15 is 0 Å². The van der Waals surface area contributed by atoms with Gasteiger partial charge in [0, 0.05) is 56.3 Å². The van der Waals surface area contributed by atoms with Crippen LogP contribution in [0.15, 0.2) is 116 Å². The van der Waals surface area contributed by atoms with Gasteiger partial charge < -0.3 is 55.7 Å². The zero-order valence-corrected chi connectivity index (χ0v) is 54.9. The highest BCUT2D eigenvalue weighted by Gasteiger charge is 2.41. The molecule has 516 valence electrons. The lowest BCUT2D eigenvalue weighted by Gasteiger charge is -2.29. The number of carbonyl (C=O) groups is 12. The number of fused-ring (bicyclic) bond motifs is 2. The smallest absolute Gasteiger partial charge is 0.435 e. The van der Waals surface area contributed by atoms with E-state index in [0.29, 0.717) is 64.6 Å². The second-order valence-electron chi connectivity index (χ2n) is 25.2. The Morgan fingerprint density at radius 1 is 0.541 bits per heavy atom. The van der Waals surface area contributed by atoms with Crippen molar-refractivity contribution in [2.45, 2.75) is 143 Å². The summed E-state index contributed by atoms with van der Waals surface area (Å²) in [6, 6.07) is 17.1. The minimum absolute atomic E-state index is 0.144. The molecule has 34 heteroatoms. The zero-order chi connectivity index (χ0) is 71.2. The van der Waals surface area contributed by atoms with Crippen LogP contribution in [0.4, 0.5) is 51.5 Å². The van der Waals surface area contributed by atoms with E-state index in [9.17, 15) is 57.5 Å². The number of para-hydroxylation sites is 1. The number of aromatic nitrogens is 8. The molecule has 7 aromatic rings. The Hall–Kier alpha value is -12.3. The van der Waals surface area contributed by atoms with E-state index in [4.69, 9.17) is 24.7 Å². The zero-order valence-electron chi connectivity index (χ0n) is 54.9. The maximum absolute atomic E-state index is 12.9. The molecule has 0 bridgehead atoms. The van der Waals surface area contributed by atoms with Crippen LogP contribution in [-0.4, -0.2) is 150 Å². The van der Waals surface area contributed by atoms with Crippen LogP contribution in [0.3, 0.4) is 0 Å². The summed E-state index contributed by atoms with van der Waals surface area (Å²) >= 11 is 0. The summed E-state index contributed by atoms with van der Waals surface area (Å²) in [4.78, 5) is 147. The van der Waals surface area contributed by atoms with Crippen LogP contribution in [0, 0.1) is 0 Å². The highest BCUT2D eigenvalue weighted by atomic mass is 16.6. The number of amides is 11. The molecule has 4 aromatic heterocycles. The first kappa shape index (κ1) is 71.6. The molecule has 11 rings (SSSR count). The molecule has 98 heavy (non-hydrogen) atoms. The van der Waals surface area contributed by atoms with Crippen molar-refractivity contribution in [3.8, 4) is 5.75 Å². The lowest BCUT2D eigenvalue weighted by molar-refractivity contribution is -0.138. The van der Waals surface area contributed by atoms with Crippen LogP contribution in [0.2, 0.25) is 0 Å². The van der Waals surface area contributed by atoms with Crippen molar-refractivity contribution >= 4 is 94.6 Å². The molecule has 2 unspecified atom stereocenters. The first-order chi connectivity index (χ1) is 46.2. The number of rotatable bonds is 10. The summed E-state index contributed by atoms with van der Waals surface area (Å²) < 4.78 is 23.5. The minimum atomic E-state index is -0.679. The van der Waals surface area contributed by atoms with Crippen LogP contribution >= 0.6 is 0 Å². The van der Waals surface area contributed by atoms with Crippen molar-refractivity contribution in [3.05, 3.63) is 150 Å². The summed E-state index contributed by atoms with van der Waals surface area (Å²) in [5, 5.41) is 35.4. The number of urea groups is 2. The van der Waals surface area contributed by atoms with Gasteiger partial charge in [0.15, 0.2) is 0 Å². The van der Waals surface area contributed by atoms with E-state index in [1.54, 1.807) is 117 Å². The molecule has 2 saturated heterocycles. The highest BCUT2D eigenvalue weighted by Crippen LogP contribution is 2.30. The lowest BCUT2D eigenvalue weighted by atomic mass is 10.0. The number of carbonyl (C=O) groups excluding carboxylic acids is 12. The lowest BCUT2D eigenvalue weighted by Crippen LogP contribution is -2.52. The number of nitrogen functional groups attached to an aromatic ring is 1. The third kappa shape index (κ3) is 20.6. The van der Waals surface area contributed by atoms with Gasteiger partial charge in [0.1, 0.15) is 34.6 Å². The standard InChI is InChI=1S/C23H26N6O6.C18H18N6O4.C15H17N3O4.C8H13N3O2/c1-23(2,3)35-22(34)29-12-15(10-25-29)26-21(33)24-9-13-4-5-14-11-28(20(32)16(14)8-13)17-6-7-18(30)27-19(17)31;25-15-4-3-14(16(26)23-15)24-9-11-2-1-10(5-13(11)17(24)27)6-19-18(28)22-12-7-20-21-8-12;1-15(2,3)22-14(20)18-10-11(9-16-18)17-13(19)21-12-7-5-4-6-8-12;1-8(2,3)13-7(12)11-5-6(9)4-10-11/h4-5,8,10,12,17H,6-7,9,11H2,1-3H3,(H2,24,26,33)(H,27,30,31);1-2,5,7-8,14H,3-4,6,9H2,(H,20,21)(H2,19,22,28)(H,23,25,26);4-10H,1-3H3,(H,17,19);4-5H,9H2,1-3H3. The number of ether oxygens (including phenoxy) is 4. The number of anilines is 4. The first-order valence-corrected chi connectivity index (χ1v) is 30.5. The maximum Gasteiger partial charge on any atom is 0.435 e. The van der Waals surface area contributed by atoms with E-state index in [-0.39, 0.29) is 56.1 Å². The van der Waals surface area contributed by atoms with Crippen LogP contribution in [-0.2, 0) is 59.6 Å². The molecule has 8 heterocycles. The quantitative estimate of drug-likeness (QED) is 0.0504. The Kier molecular flexibility index (Phi) is 22.6. The van der Waals surface area contributed by atoms with Crippen molar-refractivity contribution in [1.29, 1.82) is 0 Å². The molecular formula is C64H74N18O16. The number of nitrogens with zero attached hydrogens (tertiary/aromatic N) is 9. The number of nitrogens with two attached hydrogens (primary N) is 1. The van der Waals surface area contributed by atoms with Gasteiger partial charge in [-0.05, 0) is 122 Å². The first-order valence-electron chi connectivity index (χ1n) is 30.5. The summed E-state index contributed by atoms with van der Waals surface area (Å²) in [7, 11) is 0. The molecule has 2 atom stereocenters. The molecule has 0 radical (unpaired) electrons. The second-order valence-corrected chi connectivity index (χ2v) is 25.2. The molecular weight excluding hydrogens is 1280 g/mol. The largest absolute Gasteiger partial charge is 0.442 e. The number of aromatic amines is 1. The molecule has 34 nitrogen and oxygen atoms in total. The fraction of sp³-hybridized carbons (Fsp3) is 0.344. The molecule has 11 amide bonds. The van der Waals surface area contributed by atoms with E-state index < -0.39 is 77.1 Å². The van der Waals surface area contributed by atoms with Crippen LogP contribution in [0.25, 0.3) is 0 Å². The van der Waals surface area contributed by atoms with Gasteiger partial charge in [-0.3, -0.25) is 49.8 Å². The molecule has 4 aliphatic heterocycles. The van der Waals surface area contributed by atoms with Crippen LogP contribution < -0.4 is 47.7 Å². The van der Waals surface area contributed by atoms with Crippen molar-refractivity contribution in [1.82, 2.24) is 70.6 Å². The topological polar surface area (TPSA) is 441 Å². The minimum Gasteiger partial charge on any atom is -0.442 e. The van der Waals surface area contributed by atoms with Crippen molar-refractivity contribution in [2.75, 3.05) is 21.7 Å². The Morgan fingerprint density at radius 3 is 1.38 bits per heavy atom. The van der Waals surface area contributed by atoms with Crippen LogP contribution in [0.1, 0.15) is 131 Å². The fourth-order valence-corrected chi connectivity index (χ4v) is 9.53. The number of nitrogens with one attached hydrogen (secondary N) is 8. The predicted octanol–water partition coefficient (Wildman–Crippen LogP) is 6.77. The van der Waals surface area contributed by atoms with Gasteiger partial charge in [0.25, 0.3) is 11.8 Å². The number of piperidine rings is 2. The molecule has 0 aliphatic carbocycles. The molecule has 0 spiro atoms. The fourth-order valence-electron chi connectivity index (χ4n) is 9.53. The number of H-pyrrole nitrogens is 1. The summed E-state index contributed by atoms with van der Waals surface area (Å²) in [6.45, 7) is 16.8. The molecule has 3 aromatic carbocycles. The van der Waals surface area contributed by atoms with Crippen molar-refractivity contribution in [2.24, 2.45) is 0 Å². The Labute approximate surface area is 559 Å². The van der Waals surface area contributed by atoms with Gasteiger partial charge >= 0.3 is 36.4 Å². The van der Waals surface area contributed by atoms with Gasteiger partial charge in [-0.25, -0.2) is 28.8 Å². The van der Waals surface area contributed by atoms with Gasteiger partial charge in [-0.2, -0.15) is 34.4 Å². The Morgan fingerprint density at radius 2 is 0.969 bits per heavy atom. The number of imide groups is 2. The molecule has 4 aliphatic rings. The van der Waals surface area contributed by atoms with E-state index in [1.807, 2.05) is 18.2 Å². The summed E-state index contributed by atoms with van der Waals surface area (Å²) in [5.41, 5.74) is 9.22. The third-order valence-electron chi connectivity index (χ3n) is 13.8. The molecule has 10 N–H and O–H groups in total. The average Bonchev–Trinajstić information content (AvgIpc) is 1.64. The Bertz CT molecular complexity index is 4140. The average molecular weight is 1350 g/mol. The highest BCUT2D eigenvalue weighted by molar-refractivity contribution is 6.06. The van der Waals surface area contributed by atoms with E-state index in [2.05, 4.69) is 62.7 Å². The number of hydrogen-bond acceptors (Lipinski definition) is 21. The molecule has 0 saturated carbocycles.